The van der Waals surface area contributed by atoms with Crippen molar-refractivity contribution in [2.24, 2.45) is 0 Å². The van der Waals surface area contributed by atoms with Crippen LogP contribution in [-0.4, -0.2) is 31.9 Å². The molecular formula is C19H19N3O2S. The first-order chi connectivity index (χ1) is 12.2. The summed E-state index contributed by atoms with van der Waals surface area (Å²) >= 11 is 1.53. The molecule has 25 heavy (non-hydrogen) atoms. The Labute approximate surface area is 150 Å². The summed E-state index contributed by atoms with van der Waals surface area (Å²) in [6.45, 7) is 0.525. The lowest BCUT2D eigenvalue weighted by Crippen LogP contribution is -2.09. The van der Waals surface area contributed by atoms with E-state index in [-0.39, 0.29) is 6.10 Å². The molecule has 0 spiro atoms. The Morgan fingerprint density at radius 1 is 1.40 bits per heavy atom. The van der Waals surface area contributed by atoms with E-state index in [1.807, 2.05) is 24.3 Å². The molecule has 3 rings (SSSR count). The second-order valence-electron chi connectivity index (χ2n) is 5.62. The zero-order valence-electron chi connectivity index (χ0n) is 14.2. The van der Waals surface area contributed by atoms with Gasteiger partial charge in [0.05, 0.1) is 34.6 Å². The van der Waals surface area contributed by atoms with Gasteiger partial charge in [-0.3, -0.25) is 0 Å². The third kappa shape index (κ3) is 4.34. The third-order valence-corrected chi connectivity index (χ3v) is 4.75. The van der Waals surface area contributed by atoms with E-state index in [1.165, 1.54) is 11.3 Å². The molecule has 2 aromatic rings. The van der Waals surface area contributed by atoms with Crippen LogP contribution in [0.5, 0.6) is 0 Å². The zero-order chi connectivity index (χ0) is 17.6. The first kappa shape index (κ1) is 17.4. The molecule has 0 fully saturated rings. The van der Waals surface area contributed by atoms with E-state index < -0.39 is 0 Å². The summed E-state index contributed by atoms with van der Waals surface area (Å²) in [6.07, 6.45) is 9.03. The second kappa shape index (κ2) is 8.08. The van der Waals surface area contributed by atoms with Crippen LogP contribution in [0.25, 0.3) is 10.2 Å². The highest BCUT2D eigenvalue weighted by molar-refractivity contribution is 7.22. The van der Waals surface area contributed by atoms with Crippen molar-refractivity contribution < 1.29 is 9.47 Å². The number of hydrogen-bond donors (Lipinski definition) is 1. The van der Waals surface area contributed by atoms with Crippen LogP contribution in [-0.2, 0) is 9.47 Å². The minimum absolute atomic E-state index is 0.0333. The van der Waals surface area contributed by atoms with Crippen molar-refractivity contribution in [2.75, 3.05) is 26.1 Å². The predicted molar refractivity (Wildman–Crippen MR) is 101 cm³/mol. The van der Waals surface area contributed by atoms with Gasteiger partial charge in [0.2, 0.25) is 0 Å². The molecule has 1 heterocycles. The molecule has 0 bridgehead atoms. The average Bonchev–Trinajstić information content (AvgIpc) is 3.00. The van der Waals surface area contributed by atoms with Crippen LogP contribution in [0.4, 0.5) is 5.13 Å². The van der Waals surface area contributed by atoms with Crippen LogP contribution in [0, 0.1) is 11.3 Å². The van der Waals surface area contributed by atoms with Gasteiger partial charge in [0, 0.05) is 19.9 Å². The maximum Gasteiger partial charge on any atom is 0.188 e. The second-order valence-corrected chi connectivity index (χ2v) is 6.65. The molecule has 0 radical (unpaired) electrons. The van der Waals surface area contributed by atoms with E-state index in [4.69, 9.17) is 14.7 Å². The van der Waals surface area contributed by atoms with E-state index in [1.54, 1.807) is 20.3 Å². The van der Waals surface area contributed by atoms with Gasteiger partial charge in [-0.2, -0.15) is 5.26 Å². The molecule has 1 unspecified atom stereocenters. The number of methoxy groups -OCH3 is 2. The molecule has 1 aromatic carbocycles. The number of ether oxygens (including phenoxy) is 2. The van der Waals surface area contributed by atoms with Crippen molar-refractivity contribution in [3.8, 4) is 6.07 Å². The molecule has 1 aromatic heterocycles. The van der Waals surface area contributed by atoms with Crippen LogP contribution in [0.2, 0.25) is 0 Å². The highest BCUT2D eigenvalue weighted by atomic mass is 32.1. The maximum absolute atomic E-state index is 9.02. The van der Waals surface area contributed by atoms with Gasteiger partial charge in [0.1, 0.15) is 0 Å². The third-order valence-electron chi connectivity index (χ3n) is 3.82. The number of aromatic nitrogens is 1. The van der Waals surface area contributed by atoms with E-state index >= 15 is 0 Å². The Hall–Kier alpha value is -2.46. The zero-order valence-corrected chi connectivity index (χ0v) is 15.0. The van der Waals surface area contributed by atoms with Gasteiger partial charge in [-0.1, -0.05) is 29.6 Å². The quantitative estimate of drug-likeness (QED) is 0.879. The molecule has 5 nitrogen and oxygen atoms in total. The summed E-state index contributed by atoms with van der Waals surface area (Å²) < 4.78 is 11.7. The minimum atomic E-state index is 0.0333. The lowest BCUT2D eigenvalue weighted by molar-refractivity contribution is 0.143. The van der Waals surface area contributed by atoms with Gasteiger partial charge in [0.25, 0.3) is 0 Å². The number of nitriles is 1. The Balaban J connectivity index is 1.87. The highest BCUT2D eigenvalue weighted by Gasteiger charge is 2.09. The van der Waals surface area contributed by atoms with Gasteiger partial charge in [-0.15, -0.1) is 0 Å². The lowest BCUT2D eigenvalue weighted by atomic mass is 10.1. The van der Waals surface area contributed by atoms with Gasteiger partial charge < -0.3 is 14.8 Å². The van der Waals surface area contributed by atoms with Crippen molar-refractivity contribution in [2.45, 2.75) is 12.5 Å². The molecule has 1 N–H and O–H groups in total. The fourth-order valence-electron chi connectivity index (χ4n) is 2.55. The number of benzene rings is 1. The minimum Gasteiger partial charge on any atom is -0.380 e. The van der Waals surface area contributed by atoms with Gasteiger partial charge in [0.15, 0.2) is 5.13 Å². The van der Waals surface area contributed by atoms with Crippen LogP contribution >= 0.6 is 11.3 Å². The Bertz CT molecular complexity index is 890. The number of fused-ring (bicyclic) bond motifs is 1. The topological polar surface area (TPSA) is 67.2 Å². The number of nitrogens with zero attached hydrogens (tertiary/aromatic N) is 2. The molecule has 0 saturated heterocycles. The van der Waals surface area contributed by atoms with Crippen LogP contribution in [0.15, 0.2) is 53.8 Å². The summed E-state index contributed by atoms with van der Waals surface area (Å²) in [5.74, 6) is 0. The molecule has 0 amide bonds. The van der Waals surface area contributed by atoms with Crippen molar-refractivity contribution in [1.82, 2.24) is 4.98 Å². The fraction of sp³-hybridized carbons (Fsp3) is 0.263. The summed E-state index contributed by atoms with van der Waals surface area (Å²) in [7, 11) is 3.38. The van der Waals surface area contributed by atoms with Crippen molar-refractivity contribution in [3.63, 3.8) is 0 Å². The molecule has 1 atom stereocenters. The first-order valence-corrected chi connectivity index (χ1v) is 8.72. The predicted octanol–water partition coefficient (Wildman–Crippen LogP) is 4.01. The first-order valence-electron chi connectivity index (χ1n) is 7.90. The Morgan fingerprint density at radius 3 is 3.04 bits per heavy atom. The molecule has 6 heteroatoms. The van der Waals surface area contributed by atoms with Gasteiger partial charge in [-0.25, -0.2) is 4.98 Å². The number of nitrogens with one attached hydrogen (secondary N) is 1. The summed E-state index contributed by atoms with van der Waals surface area (Å²) in [6, 6.07) is 7.68. The maximum atomic E-state index is 9.02. The summed E-state index contributed by atoms with van der Waals surface area (Å²) in [4.78, 5) is 4.59. The van der Waals surface area contributed by atoms with Crippen molar-refractivity contribution in [3.05, 3.63) is 59.3 Å². The largest absolute Gasteiger partial charge is 0.380 e. The normalized spacial score (nSPS) is 17.4. The molecule has 1 aliphatic carbocycles. The Morgan fingerprint density at radius 2 is 2.28 bits per heavy atom. The van der Waals surface area contributed by atoms with E-state index in [0.29, 0.717) is 12.2 Å². The average molecular weight is 353 g/mol. The van der Waals surface area contributed by atoms with Crippen LogP contribution < -0.4 is 5.32 Å². The molecule has 128 valence electrons. The molecule has 1 aliphatic rings. The van der Waals surface area contributed by atoms with Gasteiger partial charge >= 0.3 is 0 Å². The van der Waals surface area contributed by atoms with E-state index in [2.05, 4.69) is 28.5 Å². The van der Waals surface area contributed by atoms with E-state index in [9.17, 15) is 0 Å². The Kier molecular flexibility index (Phi) is 5.61. The molecule has 0 aliphatic heterocycles. The highest BCUT2D eigenvalue weighted by Crippen LogP contribution is 2.28. The SMILES string of the molecule is COCC1=CC(Nc2nc3ccc(C#N)cc3s2)=CCC(OC)C=C1. The number of rotatable bonds is 5. The number of hydrogen-bond acceptors (Lipinski definition) is 6. The van der Waals surface area contributed by atoms with Crippen LogP contribution in [0.1, 0.15) is 12.0 Å². The standard InChI is InChI=1S/C19H19N3O2S/c1-23-12-14-3-6-16(24-2)7-5-15(9-14)21-19-22-17-8-4-13(11-20)10-18(17)25-19/h3-6,8-10,16H,7,12H2,1-2H3,(H,21,22). The van der Waals surface area contributed by atoms with Gasteiger partial charge in [-0.05, 0) is 36.3 Å². The lowest BCUT2D eigenvalue weighted by Gasteiger charge is -2.14. The summed E-state index contributed by atoms with van der Waals surface area (Å²) in [5.41, 5.74) is 3.53. The molecule has 0 saturated carbocycles. The summed E-state index contributed by atoms with van der Waals surface area (Å²) in [5, 5.41) is 13.2. The monoisotopic (exact) mass is 353 g/mol. The smallest absolute Gasteiger partial charge is 0.188 e. The van der Waals surface area contributed by atoms with E-state index in [0.717, 1.165) is 33.0 Å². The van der Waals surface area contributed by atoms with Crippen molar-refractivity contribution >= 4 is 26.7 Å². The number of allylic oxidation sites excluding steroid dienone is 1. The number of thiazole rings is 1. The fourth-order valence-corrected chi connectivity index (χ4v) is 3.47. The molecular weight excluding hydrogens is 334 g/mol. The van der Waals surface area contributed by atoms with Crippen molar-refractivity contribution in [1.29, 1.82) is 5.26 Å². The number of anilines is 1. The van der Waals surface area contributed by atoms with Crippen LogP contribution in [0.3, 0.4) is 0 Å².